The van der Waals surface area contributed by atoms with Crippen LogP contribution in [0.1, 0.15) is 31.2 Å². The van der Waals surface area contributed by atoms with E-state index in [9.17, 15) is 4.79 Å². The number of nitrogens with one attached hydrogen (secondary N) is 1. The van der Waals surface area contributed by atoms with Gasteiger partial charge in [-0.3, -0.25) is 4.79 Å². The van der Waals surface area contributed by atoms with Crippen LogP contribution in [0.3, 0.4) is 0 Å². The molecule has 10 heteroatoms. The highest BCUT2D eigenvalue weighted by Crippen LogP contribution is 2.34. The molecule has 1 aliphatic heterocycles. The first-order valence-electron chi connectivity index (χ1n) is 11.7. The zero-order valence-electron chi connectivity index (χ0n) is 19.8. The molecule has 1 amide bonds. The Bertz CT molecular complexity index is 1200. The fraction of sp³-hybridized carbons (Fsp3) is 0.500. The molecule has 0 atom stereocenters. The van der Waals surface area contributed by atoms with Crippen LogP contribution in [0.5, 0.6) is 5.75 Å². The van der Waals surface area contributed by atoms with Crippen molar-refractivity contribution in [3.8, 4) is 5.75 Å². The van der Waals surface area contributed by atoms with Crippen molar-refractivity contribution in [1.82, 2.24) is 19.5 Å². The number of hydrogen-bond donors (Lipinski definition) is 1. The quantitative estimate of drug-likeness (QED) is 0.386. The van der Waals surface area contributed by atoms with Crippen LogP contribution in [0.4, 0.5) is 11.5 Å². The molecule has 1 saturated carbocycles. The summed E-state index contributed by atoms with van der Waals surface area (Å²) < 4.78 is 13.0. The van der Waals surface area contributed by atoms with E-state index in [1.165, 1.54) is 0 Å². The van der Waals surface area contributed by atoms with Gasteiger partial charge in [-0.05, 0) is 30.5 Å². The summed E-state index contributed by atoms with van der Waals surface area (Å²) in [6, 6.07) is 5.89. The van der Waals surface area contributed by atoms with Gasteiger partial charge in [-0.15, -0.1) is 0 Å². The molecule has 3 aromatic rings. The topological polar surface area (TPSA) is 94.4 Å². The van der Waals surface area contributed by atoms with E-state index in [1.807, 2.05) is 25.2 Å². The fourth-order valence-electron chi connectivity index (χ4n) is 4.12. The van der Waals surface area contributed by atoms with Crippen LogP contribution >= 0.6 is 11.8 Å². The molecule has 1 N–H and O–H groups in total. The third-order valence-corrected chi connectivity index (χ3v) is 7.16. The molecule has 2 aliphatic rings. The second-order valence-electron chi connectivity index (χ2n) is 8.63. The van der Waals surface area contributed by atoms with Crippen LogP contribution < -0.4 is 15.0 Å². The highest BCUT2D eigenvalue weighted by atomic mass is 32.2. The number of rotatable bonds is 8. The molecule has 9 nitrogen and oxygen atoms in total. The van der Waals surface area contributed by atoms with Crippen LogP contribution in [0, 0.1) is 5.92 Å². The van der Waals surface area contributed by atoms with E-state index in [0.717, 1.165) is 60.7 Å². The predicted octanol–water partition coefficient (Wildman–Crippen LogP) is 3.41. The first-order valence-corrected chi connectivity index (χ1v) is 12.7. The molecule has 2 aromatic heterocycles. The molecule has 34 heavy (non-hydrogen) atoms. The average molecular weight is 483 g/mol. The van der Waals surface area contributed by atoms with Crippen LogP contribution in [0.15, 0.2) is 23.4 Å². The van der Waals surface area contributed by atoms with Gasteiger partial charge in [0.1, 0.15) is 11.6 Å². The first-order chi connectivity index (χ1) is 16.6. The number of carbonyl (C=O) groups excluding carboxylic acids is 1. The predicted molar refractivity (Wildman–Crippen MR) is 133 cm³/mol. The minimum Gasteiger partial charge on any atom is -0.495 e. The van der Waals surface area contributed by atoms with Crippen molar-refractivity contribution in [2.45, 2.75) is 37.1 Å². The number of aryl methyl sites for hydroxylation is 2. The molecule has 0 unspecified atom stereocenters. The maximum absolute atomic E-state index is 12.3. The maximum Gasteiger partial charge on any atom is 0.227 e. The van der Waals surface area contributed by atoms with Crippen LogP contribution in [-0.4, -0.2) is 58.8 Å². The number of methoxy groups -OCH3 is 1. The first kappa shape index (κ1) is 22.9. The zero-order chi connectivity index (χ0) is 23.7. The van der Waals surface area contributed by atoms with E-state index in [2.05, 4.69) is 21.7 Å². The van der Waals surface area contributed by atoms with Gasteiger partial charge in [0.15, 0.2) is 22.1 Å². The van der Waals surface area contributed by atoms with E-state index < -0.39 is 0 Å². The molecule has 0 spiro atoms. The number of imidazole rings is 1. The van der Waals surface area contributed by atoms with Gasteiger partial charge in [0.05, 0.1) is 26.0 Å². The number of thioether (sulfide) groups is 1. The smallest absolute Gasteiger partial charge is 0.227 e. The Morgan fingerprint density at radius 3 is 2.74 bits per heavy atom. The number of carbonyl (C=O) groups is 1. The summed E-state index contributed by atoms with van der Waals surface area (Å²) in [6.07, 6.45) is 2.75. The minimum atomic E-state index is 0.0648. The van der Waals surface area contributed by atoms with Gasteiger partial charge in [-0.1, -0.05) is 24.8 Å². The lowest BCUT2D eigenvalue weighted by molar-refractivity contribution is -0.117. The molecule has 3 heterocycles. The lowest BCUT2D eigenvalue weighted by Gasteiger charge is -2.28. The summed E-state index contributed by atoms with van der Waals surface area (Å²) in [5.41, 5.74) is 3.47. The maximum atomic E-state index is 12.3. The van der Waals surface area contributed by atoms with Crippen molar-refractivity contribution >= 4 is 40.3 Å². The van der Waals surface area contributed by atoms with Gasteiger partial charge in [0.25, 0.3) is 0 Å². The molecule has 1 aliphatic carbocycles. The van der Waals surface area contributed by atoms with Gasteiger partial charge in [-0.25, -0.2) is 15.0 Å². The number of morpholine rings is 1. The van der Waals surface area contributed by atoms with Gasteiger partial charge in [0, 0.05) is 38.2 Å². The molecular formula is C24H30N6O3S. The van der Waals surface area contributed by atoms with Crippen LogP contribution in [0.25, 0.3) is 11.2 Å². The third-order valence-electron chi connectivity index (χ3n) is 6.24. The summed E-state index contributed by atoms with van der Waals surface area (Å²) in [4.78, 5) is 29.1. The average Bonchev–Trinajstić information content (AvgIpc) is 3.67. The van der Waals surface area contributed by atoms with E-state index in [4.69, 9.17) is 24.4 Å². The van der Waals surface area contributed by atoms with Crippen molar-refractivity contribution in [3.63, 3.8) is 0 Å². The van der Waals surface area contributed by atoms with Crippen LogP contribution in [-0.2, 0) is 28.8 Å². The highest BCUT2D eigenvalue weighted by Gasteiger charge is 2.30. The molecule has 5 rings (SSSR count). The lowest BCUT2D eigenvalue weighted by atomic mass is 10.2. The summed E-state index contributed by atoms with van der Waals surface area (Å²) in [5.74, 6) is 3.40. The second-order valence-corrected chi connectivity index (χ2v) is 9.57. The number of benzene rings is 1. The number of hydrogen-bond acceptors (Lipinski definition) is 8. The van der Waals surface area contributed by atoms with E-state index in [1.54, 1.807) is 18.9 Å². The number of ether oxygens (including phenoxy) is 2. The van der Waals surface area contributed by atoms with E-state index in [-0.39, 0.29) is 11.8 Å². The summed E-state index contributed by atoms with van der Waals surface area (Å²) >= 11 is 1.58. The molecule has 1 saturated heterocycles. The van der Waals surface area contributed by atoms with Crippen molar-refractivity contribution < 1.29 is 14.3 Å². The molecule has 1 aromatic carbocycles. The molecule has 2 fully saturated rings. The van der Waals surface area contributed by atoms with E-state index in [0.29, 0.717) is 35.6 Å². The van der Waals surface area contributed by atoms with Gasteiger partial charge in [-0.2, -0.15) is 0 Å². The lowest BCUT2D eigenvalue weighted by Crippen LogP contribution is -2.37. The highest BCUT2D eigenvalue weighted by molar-refractivity contribution is 7.98. The molecule has 0 bridgehead atoms. The number of fused-ring (bicyclic) bond motifs is 1. The molecule has 180 valence electrons. The van der Waals surface area contributed by atoms with E-state index >= 15 is 0 Å². The summed E-state index contributed by atoms with van der Waals surface area (Å²) in [7, 11) is 3.63. The van der Waals surface area contributed by atoms with Crippen molar-refractivity contribution in [3.05, 3.63) is 29.6 Å². The summed E-state index contributed by atoms with van der Waals surface area (Å²) in [5, 5.41) is 3.73. The number of anilines is 2. The number of nitrogens with zero attached hydrogens (tertiary/aromatic N) is 5. The fourth-order valence-corrected chi connectivity index (χ4v) is 4.90. The monoisotopic (exact) mass is 482 g/mol. The normalized spacial score (nSPS) is 16.1. The third kappa shape index (κ3) is 4.69. The van der Waals surface area contributed by atoms with Gasteiger partial charge < -0.3 is 24.3 Å². The van der Waals surface area contributed by atoms with Crippen molar-refractivity contribution in [2.75, 3.05) is 43.6 Å². The van der Waals surface area contributed by atoms with Crippen molar-refractivity contribution in [1.29, 1.82) is 0 Å². The molecular weight excluding hydrogens is 452 g/mol. The minimum absolute atomic E-state index is 0.0648. The Labute approximate surface area is 203 Å². The summed E-state index contributed by atoms with van der Waals surface area (Å²) in [6.45, 7) is 5.04. The zero-order valence-corrected chi connectivity index (χ0v) is 20.7. The number of amides is 1. The largest absolute Gasteiger partial charge is 0.495 e. The van der Waals surface area contributed by atoms with Crippen molar-refractivity contribution in [2.24, 2.45) is 13.0 Å². The van der Waals surface area contributed by atoms with Crippen LogP contribution in [0.2, 0.25) is 0 Å². The number of aromatic nitrogens is 4. The van der Waals surface area contributed by atoms with Gasteiger partial charge in [0.2, 0.25) is 5.91 Å². The Morgan fingerprint density at radius 1 is 1.24 bits per heavy atom. The van der Waals surface area contributed by atoms with Gasteiger partial charge >= 0.3 is 0 Å². The molecule has 0 radical (unpaired) electrons. The Balaban J connectivity index is 1.41. The Hall–Kier alpha value is -2.85. The SMILES string of the molecule is CCc1nc2c(N3CCOCC3)nc(SCc3ccc(OC)c(NC(=O)C4CC4)c3)nc2n1C. The Morgan fingerprint density at radius 2 is 2.03 bits per heavy atom. The Kier molecular flexibility index (Phi) is 6.60. The standard InChI is InChI=1S/C24H30N6O3S/c1-4-19-26-20-21(29(19)2)27-24(28-22(20)30-9-11-33-12-10-30)34-14-15-5-8-18(32-3)17(13-15)25-23(31)16-6-7-16/h5,8,13,16H,4,6-7,9-12,14H2,1-3H3,(H,25,31). The second kappa shape index (κ2) is 9.79.